The van der Waals surface area contributed by atoms with E-state index >= 15 is 0 Å². The van der Waals surface area contributed by atoms with Crippen molar-refractivity contribution in [3.63, 3.8) is 0 Å². The average Bonchev–Trinajstić information content (AvgIpc) is 2.87. The van der Waals surface area contributed by atoms with E-state index < -0.39 is 23.8 Å². The van der Waals surface area contributed by atoms with Crippen molar-refractivity contribution >= 4 is 35.1 Å². The number of amides is 2. The van der Waals surface area contributed by atoms with Gasteiger partial charge in [-0.1, -0.05) is 54.1 Å². The largest absolute Gasteiger partial charge is 0.487 e. The number of aryl methyl sites for hydroxylation is 1. The number of benzene rings is 3. The first kappa shape index (κ1) is 25.7. The highest BCUT2D eigenvalue weighted by atomic mass is 35.5. The van der Waals surface area contributed by atoms with Gasteiger partial charge in [-0.2, -0.15) is 0 Å². The summed E-state index contributed by atoms with van der Waals surface area (Å²) in [5.74, 6) is -1.88. The van der Waals surface area contributed by atoms with E-state index in [0.29, 0.717) is 17.1 Å². The zero-order valence-corrected chi connectivity index (χ0v) is 19.6. The third-order valence-electron chi connectivity index (χ3n) is 5.18. The van der Waals surface area contributed by atoms with Crippen LogP contribution in [-0.2, 0) is 22.6 Å². The van der Waals surface area contributed by atoms with E-state index in [1.54, 1.807) is 24.3 Å². The van der Waals surface area contributed by atoms with Crippen LogP contribution in [0.3, 0.4) is 0 Å². The van der Waals surface area contributed by atoms with E-state index in [1.165, 1.54) is 18.2 Å². The van der Waals surface area contributed by atoms with Crippen molar-refractivity contribution in [3.05, 3.63) is 94.5 Å². The van der Waals surface area contributed by atoms with Crippen LogP contribution in [0, 0.1) is 0 Å². The van der Waals surface area contributed by atoms with E-state index in [1.807, 2.05) is 30.3 Å². The molecule has 8 nitrogen and oxygen atoms in total. The minimum atomic E-state index is -1.12. The maximum Gasteiger partial charge on any atom is 0.326 e. The molecule has 0 radical (unpaired) electrons. The molecule has 0 saturated heterocycles. The molecular weight excluding hydrogens is 470 g/mol. The first-order valence-corrected chi connectivity index (χ1v) is 11.3. The maximum atomic E-state index is 12.9. The number of anilines is 1. The number of aliphatic carboxylic acids is 1. The molecule has 0 aliphatic heterocycles. The molecule has 0 spiro atoms. The summed E-state index contributed by atoms with van der Waals surface area (Å²) in [5.41, 5.74) is 7.73. The Morgan fingerprint density at radius 3 is 2.34 bits per heavy atom. The molecule has 0 unspecified atom stereocenters. The van der Waals surface area contributed by atoms with Crippen LogP contribution in [-0.4, -0.2) is 35.5 Å². The van der Waals surface area contributed by atoms with Crippen molar-refractivity contribution in [3.8, 4) is 5.75 Å². The first-order chi connectivity index (χ1) is 16.9. The molecule has 0 bridgehead atoms. The smallest absolute Gasteiger partial charge is 0.326 e. The summed E-state index contributed by atoms with van der Waals surface area (Å²) in [6.07, 6.45) is 0.729. The molecular formula is C26H26ClN3O5. The number of hydrogen-bond donors (Lipinski definition) is 4. The average molecular weight is 496 g/mol. The molecule has 0 fully saturated rings. The van der Waals surface area contributed by atoms with Crippen LogP contribution in [0.4, 0.5) is 5.69 Å². The highest BCUT2D eigenvalue weighted by Gasteiger charge is 2.21. The van der Waals surface area contributed by atoms with Gasteiger partial charge < -0.3 is 26.2 Å². The van der Waals surface area contributed by atoms with Crippen LogP contribution >= 0.6 is 11.6 Å². The lowest BCUT2D eigenvalue weighted by Crippen LogP contribution is -2.41. The maximum absolute atomic E-state index is 12.9. The fraction of sp³-hybridized carbons (Fsp3) is 0.192. The molecule has 3 rings (SSSR count). The number of carbonyl (C=O) groups excluding carboxylic acids is 2. The Hall–Kier alpha value is -3.88. The third kappa shape index (κ3) is 7.84. The molecule has 3 aromatic carbocycles. The predicted octanol–water partition coefficient (Wildman–Crippen LogP) is 3.63. The molecule has 182 valence electrons. The van der Waals surface area contributed by atoms with Gasteiger partial charge in [0.05, 0.1) is 12.2 Å². The van der Waals surface area contributed by atoms with Crippen molar-refractivity contribution in [2.75, 3.05) is 11.9 Å². The number of halogens is 1. The van der Waals surface area contributed by atoms with Gasteiger partial charge in [0.1, 0.15) is 18.4 Å². The highest BCUT2D eigenvalue weighted by molar-refractivity contribution is 6.30. The second-order valence-electron chi connectivity index (χ2n) is 7.77. The van der Waals surface area contributed by atoms with E-state index in [-0.39, 0.29) is 30.9 Å². The molecule has 3 aromatic rings. The number of carboxylic acids is 1. The lowest BCUT2D eigenvalue weighted by atomic mass is 10.0. The molecule has 1 atom stereocenters. The lowest BCUT2D eigenvalue weighted by molar-refractivity contribution is -0.139. The van der Waals surface area contributed by atoms with Crippen LogP contribution in [0.25, 0.3) is 0 Å². The molecule has 0 heterocycles. The van der Waals surface area contributed by atoms with Crippen LogP contribution in [0.5, 0.6) is 5.75 Å². The number of nitrogens with two attached hydrogens (primary N) is 1. The van der Waals surface area contributed by atoms with Crippen molar-refractivity contribution < 1.29 is 24.2 Å². The molecule has 0 aliphatic rings. The van der Waals surface area contributed by atoms with Gasteiger partial charge in [-0.3, -0.25) is 9.59 Å². The summed E-state index contributed by atoms with van der Waals surface area (Å²) >= 11 is 5.92. The molecule has 35 heavy (non-hydrogen) atoms. The van der Waals surface area contributed by atoms with Crippen LogP contribution in [0.2, 0.25) is 5.02 Å². The van der Waals surface area contributed by atoms with Crippen LogP contribution in [0.15, 0.2) is 72.8 Å². The van der Waals surface area contributed by atoms with Crippen molar-refractivity contribution in [2.24, 2.45) is 5.73 Å². The fourth-order valence-electron chi connectivity index (χ4n) is 3.28. The van der Waals surface area contributed by atoms with Gasteiger partial charge in [-0.05, 0) is 54.3 Å². The molecule has 2 amide bonds. The number of nitrogens with one attached hydrogen (secondary N) is 2. The summed E-state index contributed by atoms with van der Waals surface area (Å²) in [6.45, 7) is -0.0663. The summed E-state index contributed by atoms with van der Waals surface area (Å²) in [4.78, 5) is 36.4. The standard InChI is InChI=1S/C26H26ClN3O5/c27-20-10-6-18(7-11-20)16-35-23-14-19(9-13-21(23)29-24(31)15-28)25(32)30-22(26(33)34)12-8-17-4-2-1-3-5-17/h1-7,9-11,13-14,22H,8,12,15-16,28H2,(H,29,31)(H,30,32)(H,33,34)/t22-/m0/s1. The van der Waals surface area contributed by atoms with Crippen molar-refractivity contribution in [1.29, 1.82) is 0 Å². The number of ether oxygens (including phenoxy) is 1. The number of rotatable bonds is 11. The van der Waals surface area contributed by atoms with E-state index in [4.69, 9.17) is 22.1 Å². The van der Waals surface area contributed by atoms with Crippen molar-refractivity contribution in [1.82, 2.24) is 5.32 Å². The van der Waals surface area contributed by atoms with Crippen LogP contribution in [0.1, 0.15) is 27.9 Å². The second-order valence-corrected chi connectivity index (χ2v) is 8.20. The fourth-order valence-corrected chi connectivity index (χ4v) is 3.41. The Morgan fingerprint density at radius 2 is 1.69 bits per heavy atom. The Kier molecular flexibility index (Phi) is 9.23. The SMILES string of the molecule is NCC(=O)Nc1ccc(C(=O)N[C@@H](CCc2ccccc2)C(=O)O)cc1OCc1ccc(Cl)cc1. The van der Waals surface area contributed by atoms with Crippen LogP contribution < -0.4 is 21.1 Å². The predicted molar refractivity (Wildman–Crippen MR) is 134 cm³/mol. The number of carboxylic acid groups (broad SMARTS) is 1. The number of carbonyl (C=O) groups is 3. The summed E-state index contributed by atoms with van der Waals surface area (Å²) in [6, 6.07) is 19.8. The minimum Gasteiger partial charge on any atom is -0.487 e. The Labute approximate surface area is 208 Å². The Morgan fingerprint density at radius 1 is 0.971 bits per heavy atom. The molecule has 9 heteroatoms. The zero-order chi connectivity index (χ0) is 25.2. The first-order valence-electron chi connectivity index (χ1n) is 10.9. The van der Waals surface area contributed by atoms with E-state index in [2.05, 4.69) is 10.6 Å². The molecule has 5 N–H and O–H groups in total. The van der Waals surface area contributed by atoms with E-state index in [0.717, 1.165) is 11.1 Å². The topological polar surface area (TPSA) is 131 Å². The number of hydrogen-bond acceptors (Lipinski definition) is 5. The summed E-state index contributed by atoms with van der Waals surface area (Å²) in [5, 5.41) is 15.4. The van der Waals surface area contributed by atoms with Gasteiger partial charge in [0, 0.05) is 10.6 Å². The second kappa shape index (κ2) is 12.5. The molecule has 0 aliphatic carbocycles. The summed E-state index contributed by atoms with van der Waals surface area (Å²) < 4.78 is 5.86. The quantitative estimate of drug-likeness (QED) is 0.321. The summed E-state index contributed by atoms with van der Waals surface area (Å²) in [7, 11) is 0. The Bertz CT molecular complexity index is 1170. The highest BCUT2D eigenvalue weighted by Crippen LogP contribution is 2.27. The van der Waals surface area contributed by atoms with Gasteiger partial charge in [0.2, 0.25) is 5.91 Å². The monoisotopic (exact) mass is 495 g/mol. The normalized spacial score (nSPS) is 11.4. The Balaban J connectivity index is 1.75. The molecule has 0 saturated carbocycles. The van der Waals surface area contributed by atoms with Gasteiger partial charge in [0.25, 0.3) is 5.91 Å². The lowest BCUT2D eigenvalue weighted by Gasteiger charge is -2.17. The van der Waals surface area contributed by atoms with Crippen molar-refractivity contribution in [2.45, 2.75) is 25.5 Å². The molecule has 0 aromatic heterocycles. The minimum absolute atomic E-state index is 0.155. The van der Waals surface area contributed by atoms with Gasteiger partial charge in [-0.25, -0.2) is 4.79 Å². The van der Waals surface area contributed by atoms with E-state index in [9.17, 15) is 19.5 Å². The van der Waals surface area contributed by atoms with Gasteiger partial charge in [-0.15, -0.1) is 0 Å². The van der Waals surface area contributed by atoms with Gasteiger partial charge >= 0.3 is 5.97 Å². The third-order valence-corrected chi connectivity index (χ3v) is 5.43. The van der Waals surface area contributed by atoms with Gasteiger partial charge in [0.15, 0.2) is 0 Å². The zero-order valence-electron chi connectivity index (χ0n) is 18.9.